The normalized spacial score (nSPS) is 24.8. The van der Waals surface area contributed by atoms with Crippen LogP contribution < -0.4 is 4.90 Å². The number of anilines is 1. The highest BCUT2D eigenvalue weighted by Gasteiger charge is 2.65. The van der Waals surface area contributed by atoms with Gasteiger partial charge >= 0.3 is 0 Å². The van der Waals surface area contributed by atoms with Crippen molar-refractivity contribution in [2.75, 3.05) is 4.90 Å². The summed E-state index contributed by atoms with van der Waals surface area (Å²) in [5, 5.41) is 6.79. The van der Waals surface area contributed by atoms with Crippen LogP contribution in [-0.2, 0) is 9.59 Å². The molecule has 3 aromatic carbocycles. The van der Waals surface area contributed by atoms with Crippen LogP contribution in [0.25, 0.3) is 0 Å². The number of amides is 2. The molecule has 3 aliphatic heterocycles. The van der Waals surface area contributed by atoms with Crippen molar-refractivity contribution in [2.45, 2.75) is 12.1 Å². The highest BCUT2D eigenvalue weighted by atomic mass is 35.5. The van der Waals surface area contributed by atoms with Crippen molar-refractivity contribution in [1.29, 1.82) is 0 Å². The Morgan fingerprint density at radius 1 is 0.853 bits per heavy atom. The zero-order chi connectivity index (χ0) is 23.6. The predicted molar refractivity (Wildman–Crippen MR) is 129 cm³/mol. The van der Waals surface area contributed by atoms with E-state index < -0.39 is 35.7 Å². The maximum Gasteiger partial charge on any atom is 0.240 e. The van der Waals surface area contributed by atoms with Crippen LogP contribution in [0.2, 0.25) is 10.0 Å². The van der Waals surface area contributed by atoms with Crippen molar-refractivity contribution in [3.63, 3.8) is 0 Å². The number of hydrogen-bond donors (Lipinski definition) is 0. The lowest BCUT2D eigenvalue weighted by molar-refractivity contribution is -0.124. The molecule has 0 bridgehead atoms. The minimum atomic E-state index is -0.922. The summed E-state index contributed by atoms with van der Waals surface area (Å²) in [6.07, 6.45) is 1.68. The van der Waals surface area contributed by atoms with E-state index in [0.717, 1.165) is 16.0 Å². The van der Waals surface area contributed by atoms with E-state index in [1.54, 1.807) is 47.6 Å². The lowest BCUT2D eigenvalue weighted by atomic mass is 9.83. The predicted octanol–water partition coefficient (Wildman–Crippen LogP) is 4.75. The van der Waals surface area contributed by atoms with E-state index in [2.05, 4.69) is 5.10 Å². The van der Waals surface area contributed by atoms with Gasteiger partial charge in [-0.3, -0.25) is 19.4 Å². The van der Waals surface area contributed by atoms with Crippen LogP contribution in [0, 0.1) is 11.8 Å². The van der Waals surface area contributed by atoms with Crippen LogP contribution in [0.4, 0.5) is 5.69 Å². The van der Waals surface area contributed by atoms with Gasteiger partial charge in [0.25, 0.3) is 0 Å². The summed E-state index contributed by atoms with van der Waals surface area (Å²) in [7, 11) is 0. The number of imide groups is 1. The van der Waals surface area contributed by atoms with Gasteiger partial charge in [-0.1, -0.05) is 77.8 Å². The average Bonchev–Trinajstić information content (AvgIpc) is 3.32. The summed E-state index contributed by atoms with van der Waals surface area (Å²) in [5.41, 5.74) is 2.45. The van der Waals surface area contributed by atoms with Crippen molar-refractivity contribution >= 4 is 52.7 Å². The second-order valence-electron chi connectivity index (χ2n) is 8.53. The van der Waals surface area contributed by atoms with Crippen molar-refractivity contribution in [3.8, 4) is 0 Å². The van der Waals surface area contributed by atoms with E-state index >= 15 is 0 Å². The number of benzene rings is 3. The Labute approximate surface area is 205 Å². The molecule has 0 unspecified atom stereocenters. The van der Waals surface area contributed by atoms with Gasteiger partial charge in [-0.05, 0) is 29.3 Å². The first kappa shape index (κ1) is 21.1. The van der Waals surface area contributed by atoms with E-state index in [9.17, 15) is 14.4 Å². The molecule has 0 N–H and O–H groups in total. The molecule has 6 rings (SSSR count). The number of hydrazone groups is 1. The Bertz CT molecular complexity index is 1390. The SMILES string of the molecule is O=C(c1ccccc1)[C@@H]1[C@H]2C(=O)N(c3ccc(Cl)cc3Cl)C(=O)[C@@H]2[C@H]2c3ccccc3C=NN12. The summed E-state index contributed by atoms with van der Waals surface area (Å²) < 4.78 is 0. The van der Waals surface area contributed by atoms with Crippen molar-refractivity contribution in [2.24, 2.45) is 16.9 Å². The Kier molecular flexibility index (Phi) is 4.83. The van der Waals surface area contributed by atoms with Crippen molar-refractivity contribution < 1.29 is 14.4 Å². The smallest absolute Gasteiger partial charge is 0.240 e. The molecule has 0 aromatic heterocycles. The molecular weight excluding hydrogens is 473 g/mol. The first-order valence-corrected chi connectivity index (χ1v) is 11.6. The summed E-state index contributed by atoms with van der Waals surface area (Å²) in [5.74, 6) is -2.80. The van der Waals surface area contributed by atoms with Crippen LogP contribution in [0.3, 0.4) is 0 Å². The maximum absolute atomic E-state index is 13.8. The minimum Gasteiger partial charge on any atom is -0.292 e. The summed E-state index contributed by atoms with van der Waals surface area (Å²) in [6, 6.07) is 19.5. The van der Waals surface area contributed by atoms with E-state index in [0.29, 0.717) is 10.6 Å². The Hall–Kier alpha value is -3.48. The lowest BCUT2D eigenvalue weighted by Crippen LogP contribution is -2.44. The van der Waals surface area contributed by atoms with Crippen molar-refractivity contribution in [1.82, 2.24) is 5.01 Å². The Balaban J connectivity index is 1.51. The maximum atomic E-state index is 13.8. The molecule has 0 saturated carbocycles. The standard InChI is InChI=1S/C26H17Cl2N3O3/c27-16-10-11-19(18(28)12-16)30-25(33)20-21(26(30)34)23(24(32)14-6-2-1-3-7-14)31-22(20)17-9-5-4-8-15(17)13-29-31/h1-13,20-23H/t20-,21-,22+,23-/m0/s1. The topological polar surface area (TPSA) is 70.0 Å². The lowest BCUT2D eigenvalue weighted by Gasteiger charge is -2.33. The summed E-state index contributed by atoms with van der Waals surface area (Å²) in [4.78, 5) is 42.5. The molecule has 168 valence electrons. The van der Waals surface area contributed by atoms with Gasteiger partial charge in [0.05, 0.1) is 34.8 Å². The molecule has 2 amide bonds. The number of carbonyl (C=O) groups excluding carboxylic acids is 3. The van der Waals surface area contributed by atoms with Crippen LogP contribution >= 0.6 is 23.2 Å². The Morgan fingerprint density at radius 2 is 1.56 bits per heavy atom. The fourth-order valence-corrected chi connectivity index (χ4v) is 5.83. The van der Waals surface area contributed by atoms with Crippen LogP contribution in [0.15, 0.2) is 77.9 Å². The molecule has 0 aliphatic carbocycles. The largest absolute Gasteiger partial charge is 0.292 e. The third-order valence-electron chi connectivity index (χ3n) is 6.77. The third-order valence-corrected chi connectivity index (χ3v) is 7.31. The highest BCUT2D eigenvalue weighted by Crippen LogP contribution is 2.53. The molecule has 2 fully saturated rings. The van der Waals surface area contributed by atoms with Crippen molar-refractivity contribution in [3.05, 3.63) is 99.5 Å². The number of carbonyl (C=O) groups is 3. The van der Waals surface area contributed by atoms with Gasteiger partial charge in [-0.15, -0.1) is 0 Å². The zero-order valence-corrected chi connectivity index (χ0v) is 19.1. The molecule has 3 aromatic rings. The highest BCUT2D eigenvalue weighted by molar-refractivity contribution is 6.38. The van der Waals surface area contributed by atoms with E-state index in [1.165, 1.54) is 6.07 Å². The number of hydrogen-bond acceptors (Lipinski definition) is 5. The molecule has 6 nitrogen and oxygen atoms in total. The van der Waals surface area contributed by atoms with Gasteiger partial charge in [0.1, 0.15) is 6.04 Å². The monoisotopic (exact) mass is 489 g/mol. The fourth-order valence-electron chi connectivity index (χ4n) is 5.34. The number of nitrogens with zero attached hydrogens (tertiary/aromatic N) is 3. The number of rotatable bonds is 3. The zero-order valence-electron chi connectivity index (χ0n) is 17.6. The minimum absolute atomic E-state index is 0.194. The Morgan fingerprint density at radius 3 is 2.32 bits per heavy atom. The second kappa shape index (κ2) is 7.79. The molecule has 3 heterocycles. The van der Waals surface area contributed by atoms with Gasteiger partial charge in [0.15, 0.2) is 5.78 Å². The second-order valence-corrected chi connectivity index (χ2v) is 9.38. The number of ketones is 1. The van der Waals surface area contributed by atoms with Gasteiger partial charge in [-0.2, -0.15) is 5.10 Å². The quantitative estimate of drug-likeness (QED) is 0.393. The third kappa shape index (κ3) is 2.95. The molecule has 0 spiro atoms. The van der Waals surface area contributed by atoms with Gasteiger partial charge in [0, 0.05) is 10.6 Å². The number of fused-ring (bicyclic) bond motifs is 5. The van der Waals surface area contributed by atoms with Crippen LogP contribution in [0.5, 0.6) is 0 Å². The first-order chi connectivity index (χ1) is 16.5. The van der Waals surface area contributed by atoms with Crippen LogP contribution in [0.1, 0.15) is 27.5 Å². The summed E-state index contributed by atoms with van der Waals surface area (Å²) in [6.45, 7) is 0. The number of Topliss-reactive ketones (excluding diaryl/α,β-unsaturated/α-hetero) is 1. The van der Waals surface area contributed by atoms with Gasteiger partial charge in [-0.25, -0.2) is 4.90 Å². The molecule has 4 atom stereocenters. The fraction of sp³-hybridized carbons (Fsp3) is 0.154. The van der Waals surface area contributed by atoms with Gasteiger partial charge < -0.3 is 0 Å². The molecule has 34 heavy (non-hydrogen) atoms. The van der Waals surface area contributed by atoms with E-state index in [1.807, 2.05) is 30.3 Å². The number of halogens is 2. The molecular formula is C26H17Cl2N3O3. The van der Waals surface area contributed by atoms with E-state index in [4.69, 9.17) is 23.2 Å². The molecule has 3 aliphatic rings. The van der Waals surface area contributed by atoms with Gasteiger partial charge in [0.2, 0.25) is 11.8 Å². The molecule has 0 radical (unpaired) electrons. The average molecular weight is 490 g/mol. The van der Waals surface area contributed by atoms with Crippen LogP contribution in [-0.4, -0.2) is 34.9 Å². The molecule has 2 saturated heterocycles. The molecule has 8 heteroatoms. The first-order valence-electron chi connectivity index (χ1n) is 10.8. The van der Waals surface area contributed by atoms with E-state index in [-0.39, 0.29) is 16.5 Å². The summed E-state index contributed by atoms with van der Waals surface area (Å²) >= 11 is 12.4.